The molecule has 1 aromatic rings. The van der Waals surface area contributed by atoms with Gasteiger partial charge < -0.3 is 5.32 Å². The molecule has 1 aliphatic rings. The Morgan fingerprint density at radius 3 is 2.94 bits per heavy atom. The Kier molecular flexibility index (Phi) is 3.91. The fraction of sp³-hybridized carbons (Fsp3) is 0.500. The van der Waals surface area contributed by atoms with E-state index >= 15 is 0 Å². The van der Waals surface area contributed by atoms with Gasteiger partial charge in [-0.25, -0.2) is 0 Å². The minimum atomic E-state index is 0.476. The van der Waals surface area contributed by atoms with E-state index in [1.165, 1.54) is 25.7 Å². The van der Waals surface area contributed by atoms with E-state index in [-0.39, 0.29) is 0 Å². The third kappa shape index (κ3) is 3.14. The molecular formula is C14H17ClN2. The molecular weight excluding hydrogens is 232 g/mol. The number of rotatable bonds is 2. The number of anilines is 1. The van der Waals surface area contributed by atoms with E-state index in [0.717, 1.165) is 11.6 Å². The summed E-state index contributed by atoms with van der Waals surface area (Å²) in [7, 11) is 0. The molecule has 2 atom stereocenters. The summed E-state index contributed by atoms with van der Waals surface area (Å²) in [6.45, 7) is 2.29. The van der Waals surface area contributed by atoms with Crippen molar-refractivity contribution in [2.45, 2.75) is 38.6 Å². The molecule has 0 heterocycles. The summed E-state index contributed by atoms with van der Waals surface area (Å²) in [5.41, 5.74) is 1.55. The Hall–Kier alpha value is -1.20. The molecule has 0 aromatic heterocycles. The van der Waals surface area contributed by atoms with Crippen LogP contribution in [0, 0.1) is 17.2 Å². The van der Waals surface area contributed by atoms with Crippen LogP contribution in [0.4, 0.5) is 5.69 Å². The van der Waals surface area contributed by atoms with E-state index in [4.69, 9.17) is 16.9 Å². The maximum absolute atomic E-state index is 9.06. The van der Waals surface area contributed by atoms with E-state index in [1.807, 2.05) is 6.07 Å². The largest absolute Gasteiger partial charge is 0.381 e. The Labute approximate surface area is 108 Å². The van der Waals surface area contributed by atoms with Gasteiger partial charge in [-0.05, 0) is 37.0 Å². The van der Waals surface area contributed by atoms with Crippen LogP contribution in [0.2, 0.25) is 5.02 Å². The fourth-order valence-corrected chi connectivity index (χ4v) is 2.69. The molecule has 1 fully saturated rings. The number of nitrogens with zero attached hydrogens (tertiary/aromatic N) is 1. The highest BCUT2D eigenvalue weighted by Gasteiger charge is 2.19. The van der Waals surface area contributed by atoms with Crippen LogP contribution in [0.3, 0.4) is 0 Å². The minimum Gasteiger partial charge on any atom is -0.381 e. The molecule has 0 bridgehead atoms. The van der Waals surface area contributed by atoms with Crippen molar-refractivity contribution in [2.75, 3.05) is 5.32 Å². The summed E-state index contributed by atoms with van der Waals surface area (Å²) in [5, 5.41) is 13.2. The number of nitriles is 1. The Balaban J connectivity index is 2.12. The number of halogens is 1. The van der Waals surface area contributed by atoms with E-state index in [9.17, 15) is 0 Å². The summed E-state index contributed by atoms with van der Waals surface area (Å²) in [4.78, 5) is 0. The van der Waals surface area contributed by atoms with Gasteiger partial charge in [-0.2, -0.15) is 5.26 Å². The lowest BCUT2D eigenvalue weighted by molar-refractivity contribution is 0.358. The average Bonchev–Trinajstić information content (AvgIpc) is 2.29. The van der Waals surface area contributed by atoms with Gasteiger partial charge in [-0.3, -0.25) is 0 Å². The number of hydrogen-bond acceptors (Lipinski definition) is 2. The molecule has 0 saturated heterocycles. The van der Waals surface area contributed by atoms with Gasteiger partial charge in [0.25, 0.3) is 0 Å². The molecule has 3 heteroatoms. The normalized spacial score (nSPS) is 24.1. The van der Waals surface area contributed by atoms with Crippen molar-refractivity contribution in [3.8, 4) is 6.07 Å². The van der Waals surface area contributed by atoms with Crippen molar-refractivity contribution in [3.63, 3.8) is 0 Å². The topological polar surface area (TPSA) is 35.8 Å². The molecule has 0 aliphatic heterocycles. The third-order valence-corrected chi connectivity index (χ3v) is 3.63. The van der Waals surface area contributed by atoms with Crippen molar-refractivity contribution in [1.82, 2.24) is 0 Å². The van der Waals surface area contributed by atoms with Gasteiger partial charge in [-0.1, -0.05) is 31.4 Å². The van der Waals surface area contributed by atoms with Crippen LogP contribution >= 0.6 is 11.6 Å². The molecule has 0 amide bonds. The zero-order valence-corrected chi connectivity index (χ0v) is 10.8. The van der Waals surface area contributed by atoms with Crippen LogP contribution in [0.25, 0.3) is 0 Å². The summed E-state index contributed by atoms with van der Waals surface area (Å²) in [6.07, 6.45) is 4.94. The molecule has 1 saturated carbocycles. The Morgan fingerprint density at radius 1 is 1.41 bits per heavy atom. The molecule has 1 aliphatic carbocycles. The van der Waals surface area contributed by atoms with Crippen molar-refractivity contribution < 1.29 is 0 Å². The molecule has 0 spiro atoms. The standard InChI is InChI=1S/C14H17ClN2/c1-10-3-2-4-13(7-10)17-14-8-12(15)6-5-11(14)9-16/h5-6,8,10,13,17H,2-4,7H2,1H3. The van der Waals surface area contributed by atoms with E-state index < -0.39 is 0 Å². The fourth-order valence-electron chi connectivity index (χ4n) is 2.52. The number of hydrogen-bond donors (Lipinski definition) is 1. The van der Waals surface area contributed by atoms with Gasteiger partial charge in [-0.15, -0.1) is 0 Å². The minimum absolute atomic E-state index is 0.476. The molecule has 0 radical (unpaired) electrons. The van der Waals surface area contributed by atoms with Gasteiger partial charge in [0.2, 0.25) is 0 Å². The zero-order valence-electron chi connectivity index (χ0n) is 10.0. The van der Waals surface area contributed by atoms with Crippen LogP contribution < -0.4 is 5.32 Å². The summed E-state index contributed by atoms with van der Waals surface area (Å²) < 4.78 is 0. The van der Waals surface area contributed by atoms with Crippen molar-refractivity contribution in [2.24, 2.45) is 5.92 Å². The smallest absolute Gasteiger partial charge is 0.101 e. The SMILES string of the molecule is CC1CCCC(Nc2cc(Cl)ccc2C#N)C1. The highest BCUT2D eigenvalue weighted by Crippen LogP contribution is 2.28. The second kappa shape index (κ2) is 5.42. The number of nitrogens with one attached hydrogen (secondary N) is 1. The first-order chi connectivity index (χ1) is 8.19. The molecule has 2 unspecified atom stereocenters. The molecule has 2 nitrogen and oxygen atoms in total. The van der Waals surface area contributed by atoms with Crippen LogP contribution in [0.1, 0.15) is 38.2 Å². The third-order valence-electron chi connectivity index (χ3n) is 3.40. The van der Waals surface area contributed by atoms with Crippen LogP contribution in [-0.2, 0) is 0 Å². The predicted octanol–water partition coefficient (Wildman–Crippen LogP) is 4.20. The molecule has 1 N–H and O–H groups in total. The Bertz CT molecular complexity index is 436. The van der Waals surface area contributed by atoms with E-state index in [1.54, 1.807) is 12.1 Å². The molecule has 2 rings (SSSR count). The Morgan fingerprint density at radius 2 is 2.24 bits per heavy atom. The molecule has 1 aromatic carbocycles. The van der Waals surface area contributed by atoms with Gasteiger partial charge in [0.15, 0.2) is 0 Å². The highest BCUT2D eigenvalue weighted by atomic mass is 35.5. The maximum Gasteiger partial charge on any atom is 0.101 e. The van der Waals surface area contributed by atoms with Gasteiger partial charge in [0.05, 0.1) is 11.3 Å². The first kappa shape index (κ1) is 12.3. The monoisotopic (exact) mass is 248 g/mol. The molecule has 17 heavy (non-hydrogen) atoms. The maximum atomic E-state index is 9.06. The highest BCUT2D eigenvalue weighted by molar-refractivity contribution is 6.30. The van der Waals surface area contributed by atoms with E-state index in [0.29, 0.717) is 16.6 Å². The van der Waals surface area contributed by atoms with Gasteiger partial charge in [0, 0.05) is 11.1 Å². The van der Waals surface area contributed by atoms with E-state index in [2.05, 4.69) is 18.3 Å². The van der Waals surface area contributed by atoms with Crippen LogP contribution in [0.15, 0.2) is 18.2 Å². The number of benzene rings is 1. The van der Waals surface area contributed by atoms with Gasteiger partial charge in [0.1, 0.15) is 6.07 Å². The van der Waals surface area contributed by atoms with Crippen molar-refractivity contribution >= 4 is 17.3 Å². The zero-order chi connectivity index (χ0) is 12.3. The lowest BCUT2D eigenvalue weighted by Gasteiger charge is -2.28. The van der Waals surface area contributed by atoms with Crippen molar-refractivity contribution in [1.29, 1.82) is 5.26 Å². The first-order valence-corrected chi connectivity index (χ1v) is 6.53. The summed E-state index contributed by atoms with van der Waals surface area (Å²) in [5.74, 6) is 0.769. The lowest BCUT2D eigenvalue weighted by Crippen LogP contribution is -2.26. The van der Waals surface area contributed by atoms with Crippen LogP contribution in [-0.4, -0.2) is 6.04 Å². The lowest BCUT2D eigenvalue weighted by atomic mass is 9.87. The second-order valence-electron chi connectivity index (χ2n) is 4.91. The van der Waals surface area contributed by atoms with Crippen molar-refractivity contribution in [3.05, 3.63) is 28.8 Å². The predicted molar refractivity (Wildman–Crippen MR) is 71.2 cm³/mol. The average molecular weight is 249 g/mol. The summed E-state index contributed by atoms with van der Waals surface area (Å²) in [6, 6.07) is 8.06. The summed E-state index contributed by atoms with van der Waals surface area (Å²) >= 11 is 5.97. The quantitative estimate of drug-likeness (QED) is 0.851. The van der Waals surface area contributed by atoms with Gasteiger partial charge >= 0.3 is 0 Å². The first-order valence-electron chi connectivity index (χ1n) is 6.15. The second-order valence-corrected chi connectivity index (χ2v) is 5.35. The molecule has 90 valence electrons. The van der Waals surface area contributed by atoms with Crippen LogP contribution in [0.5, 0.6) is 0 Å².